The van der Waals surface area contributed by atoms with Crippen LogP contribution >= 0.6 is 11.8 Å². The third kappa shape index (κ3) is 3.26. The molecule has 1 saturated heterocycles. The van der Waals surface area contributed by atoms with E-state index in [0.717, 1.165) is 48.2 Å². The zero-order valence-corrected chi connectivity index (χ0v) is 15.0. The number of nitrogens with zero attached hydrogens (tertiary/aromatic N) is 4. The van der Waals surface area contributed by atoms with Gasteiger partial charge in [0, 0.05) is 20.1 Å². The van der Waals surface area contributed by atoms with Crippen molar-refractivity contribution in [1.82, 2.24) is 19.7 Å². The molecule has 1 aliphatic rings. The van der Waals surface area contributed by atoms with Gasteiger partial charge >= 0.3 is 0 Å². The van der Waals surface area contributed by atoms with Gasteiger partial charge in [0.05, 0.1) is 17.9 Å². The molecule has 1 aliphatic heterocycles. The molecule has 0 saturated carbocycles. The molecule has 0 N–H and O–H groups in total. The van der Waals surface area contributed by atoms with Gasteiger partial charge in [0.15, 0.2) is 11.0 Å². The maximum Gasteiger partial charge on any atom is 0.235 e. The van der Waals surface area contributed by atoms with Gasteiger partial charge in [-0.05, 0) is 31.9 Å². The summed E-state index contributed by atoms with van der Waals surface area (Å²) in [4.78, 5) is 14.4. The molecule has 1 aromatic carbocycles. The number of hydrogen-bond acceptors (Lipinski definition) is 5. The zero-order chi connectivity index (χ0) is 17.1. The average molecular weight is 346 g/mol. The summed E-state index contributed by atoms with van der Waals surface area (Å²) in [7, 11) is 3.55. The Hall–Kier alpha value is -2.02. The Labute approximate surface area is 146 Å². The number of aromatic nitrogens is 3. The zero-order valence-electron chi connectivity index (χ0n) is 14.2. The highest BCUT2D eigenvalue weighted by Gasteiger charge is 2.26. The van der Waals surface area contributed by atoms with Crippen molar-refractivity contribution >= 4 is 17.7 Å². The molecule has 2 aromatic rings. The number of carbonyl (C=O) groups is 1. The molecule has 3 rings (SSSR count). The van der Waals surface area contributed by atoms with E-state index in [1.807, 2.05) is 47.7 Å². The summed E-state index contributed by atoms with van der Waals surface area (Å²) in [5, 5.41) is 9.12. The van der Waals surface area contributed by atoms with Gasteiger partial charge < -0.3 is 14.2 Å². The Morgan fingerprint density at radius 2 is 1.96 bits per heavy atom. The molecule has 2 heterocycles. The third-order valence-electron chi connectivity index (χ3n) is 4.23. The van der Waals surface area contributed by atoms with Gasteiger partial charge in [0.2, 0.25) is 5.91 Å². The average Bonchev–Trinajstić information content (AvgIpc) is 3.25. The van der Waals surface area contributed by atoms with Gasteiger partial charge in [-0.1, -0.05) is 23.9 Å². The topological polar surface area (TPSA) is 60.3 Å². The van der Waals surface area contributed by atoms with Crippen LogP contribution in [0.4, 0.5) is 0 Å². The van der Waals surface area contributed by atoms with Gasteiger partial charge in [-0.3, -0.25) is 4.79 Å². The predicted molar refractivity (Wildman–Crippen MR) is 94.1 cm³/mol. The van der Waals surface area contributed by atoms with Gasteiger partial charge in [-0.2, -0.15) is 0 Å². The highest BCUT2D eigenvalue weighted by Crippen LogP contribution is 2.31. The van der Waals surface area contributed by atoms with Crippen molar-refractivity contribution in [3.8, 4) is 17.1 Å². The van der Waals surface area contributed by atoms with Crippen molar-refractivity contribution in [3.05, 3.63) is 24.3 Å². The first-order valence-electron chi connectivity index (χ1n) is 8.10. The number of para-hydroxylation sites is 1. The van der Waals surface area contributed by atoms with E-state index >= 15 is 0 Å². The number of hydrogen-bond donors (Lipinski definition) is 0. The van der Waals surface area contributed by atoms with Crippen molar-refractivity contribution in [1.29, 1.82) is 0 Å². The Bertz CT molecular complexity index is 725. The van der Waals surface area contributed by atoms with Crippen LogP contribution < -0.4 is 4.74 Å². The van der Waals surface area contributed by atoms with Crippen molar-refractivity contribution < 1.29 is 9.53 Å². The number of benzene rings is 1. The minimum absolute atomic E-state index is 0.170. The second-order valence-electron chi connectivity index (χ2n) is 5.86. The first-order chi connectivity index (χ1) is 11.6. The molecule has 0 spiro atoms. The van der Waals surface area contributed by atoms with E-state index in [1.165, 1.54) is 11.8 Å². The number of thioether (sulfide) groups is 1. The molecule has 1 amide bonds. The smallest absolute Gasteiger partial charge is 0.235 e. The van der Waals surface area contributed by atoms with Crippen LogP contribution in [-0.4, -0.2) is 51.0 Å². The molecule has 7 heteroatoms. The highest BCUT2D eigenvalue weighted by molar-refractivity contribution is 8.00. The quantitative estimate of drug-likeness (QED) is 0.779. The molecule has 0 unspecified atom stereocenters. The molecule has 0 bridgehead atoms. The Morgan fingerprint density at radius 3 is 2.67 bits per heavy atom. The minimum Gasteiger partial charge on any atom is -0.496 e. The van der Waals surface area contributed by atoms with Crippen molar-refractivity contribution in [2.24, 2.45) is 7.05 Å². The normalized spacial score (nSPS) is 15.5. The van der Waals surface area contributed by atoms with Gasteiger partial charge in [0.25, 0.3) is 0 Å². The lowest BCUT2D eigenvalue weighted by molar-refractivity contribution is -0.129. The summed E-state index contributed by atoms with van der Waals surface area (Å²) in [5.41, 5.74) is 0.889. The lowest BCUT2D eigenvalue weighted by Crippen LogP contribution is -2.34. The molecule has 0 aliphatic carbocycles. The SMILES string of the molecule is COc1ccccc1-c1nnc(S[C@H](C)C(=O)N2CCCC2)n1C. The van der Waals surface area contributed by atoms with E-state index < -0.39 is 0 Å². The van der Waals surface area contributed by atoms with Gasteiger partial charge in [-0.25, -0.2) is 0 Å². The lowest BCUT2D eigenvalue weighted by atomic mass is 10.2. The van der Waals surface area contributed by atoms with Crippen LogP contribution in [0.5, 0.6) is 5.75 Å². The number of amides is 1. The molecule has 1 fully saturated rings. The second-order valence-corrected chi connectivity index (χ2v) is 7.17. The van der Waals surface area contributed by atoms with Crippen LogP contribution in [0.2, 0.25) is 0 Å². The number of methoxy groups -OCH3 is 1. The van der Waals surface area contributed by atoms with Gasteiger partial charge in [-0.15, -0.1) is 10.2 Å². The monoisotopic (exact) mass is 346 g/mol. The molecular formula is C17H22N4O2S. The van der Waals surface area contributed by atoms with E-state index in [1.54, 1.807) is 7.11 Å². The molecule has 1 atom stereocenters. The van der Waals surface area contributed by atoms with Crippen LogP contribution in [0.3, 0.4) is 0 Å². The number of ether oxygens (including phenoxy) is 1. The highest BCUT2D eigenvalue weighted by atomic mass is 32.2. The molecule has 6 nitrogen and oxygen atoms in total. The second kappa shape index (κ2) is 7.25. The maximum atomic E-state index is 12.5. The maximum absolute atomic E-state index is 12.5. The lowest BCUT2D eigenvalue weighted by Gasteiger charge is -2.19. The van der Waals surface area contributed by atoms with E-state index in [-0.39, 0.29) is 11.2 Å². The van der Waals surface area contributed by atoms with Gasteiger partial charge in [0.1, 0.15) is 5.75 Å². The number of rotatable bonds is 5. The predicted octanol–water partition coefficient (Wildman–Crippen LogP) is 2.59. The van der Waals surface area contributed by atoms with E-state index in [0.29, 0.717) is 0 Å². The van der Waals surface area contributed by atoms with Crippen LogP contribution in [0.1, 0.15) is 19.8 Å². The van der Waals surface area contributed by atoms with Crippen LogP contribution in [-0.2, 0) is 11.8 Å². The largest absolute Gasteiger partial charge is 0.496 e. The van der Waals surface area contributed by atoms with E-state index in [9.17, 15) is 4.79 Å². The molecular weight excluding hydrogens is 324 g/mol. The Kier molecular flexibility index (Phi) is 5.08. The third-order valence-corrected chi connectivity index (χ3v) is 5.35. The first kappa shape index (κ1) is 16.8. The molecule has 0 radical (unpaired) electrons. The van der Waals surface area contributed by atoms with Crippen molar-refractivity contribution in [2.45, 2.75) is 30.2 Å². The fourth-order valence-electron chi connectivity index (χ4n) is 2.88. The Morgan fingerprint density at radius 1 is 1.25 bits per heavy atom. The standard InChI is InChI=1S/C17H22N4O2S/c1-12(16(22)21-10-6-7-11-21)24-17-19-18-15(20(17)2)13-8-4-5-9-14(13)23-3/h4-5,8-9,12H,6-7,10-11H2,1-3H3/t12-/m1/s1. The van der Waals surface area contributed by atoms with E-state index in [4.69, 9.17) is 4.74 Å². The Balaban J connectivity index is 1.78. The summed E-state index contributed by atoms with van der Waals surface area (Å²) >= 11 is 1.45. The fourth-order valence-corrected chi connectivity index (χ4v) is 3.78. The summed E-state index contributed by atoms with van der Waals surface area (Å²) < 4.78 is 7.32. The summed E-state index contributed by atoms with van der Waals surface area (Å²) in [5.74, 6) is 1.67. The van der Waals surface area contributed by atoms with Crippen molar-refractivity contribution in [2.75, 3.05) is 20.2 Å². The number of carbonyl (C=O) groups excluding carboxylic acids is 1. The summed E-state index contributed by atoms with van der Waals surface area (Å²) in [6, 6.07) is 7.72. The molecule has 24 heavy (non-hydrogen) atoms. The van der Waals surface area contributed by atoms with E-state index in [2.05, 4.69) is 10.2 Å². The van der Waals surface area contributed by atoms with Crippen LogP contribution in [0, 0.1) is 0 Å². The van der Waals surface area contributed by atoms with Crippen LogP contribution in [0.25, 0.3) is 11.4 Å². The van der Waals surface area contributed by atoms with Crippen LogP contribution in [0.15, 0.2) is 29.4 Å². The minimum atomic E-state index is -0.170. The fraction of sp³-hybridized carbons (Fsp3) is 0.471. The molecule has 128 valence electrons. The molecule has 1 aromatic heterocycles. The summed E-state index contributed by atoms with van der Waals surface area (Å²) in [6.07, 6.45) is 2.20. The number of likely N-dealkylation sites (tertiary alicyclic amines) is 1. The first-order valence-corrected chi connectivity index (χ1v) is 8.98. The van der Waals surface area contributed by atoms with Crippen molar-refractivity contribution in [3.63, 3.8) is 0 Å². The summed E-state index contributed by atoms with van der Waals surface area (Å²) in [6.45, 7) is 3.67.